The minimum Gasteiger partial charge on any atom is -0.465 e. The predicted octanol–water partition coefficient (Wildman–Crippen LogP) is 0.603. The van der Waals surface area contributed by atoms with Crippen molar-refractivity contribution >= 4 is 11.8 Å². The van der Waals surface area contributed by atoms with Gasteiger partial charge in [-0.1, -0.05) is 0 Å². The molecule has 0 radical (unpaired) electrons. The first-order valence-electron chi connectivity index (χ1n) is 5.07. The van der Waals surface area contributed by atoms with Crippen molar-refractivity contribution in [1.82, 2.24) is 4.90 Å². The van der Waals surface area contributed by atoms with Crippen LogP contribution in [0.2, 0.25) is 0 Å². The van der Waals surface area contributed by atoms with Gasteiger partial charge in [0.2, 0.25) is 0 Å². The Morgan fingerprint density at radius 1 is 1.64 bits per heavy atom. The third kappa shape index (κ3) is 2.80. The Balaban J connectivity index is 2.46. The highest BCUT2D eigenvalue weighted by Crippen LogP contribution is 2.10. The summed E-state index contributed by atoms with van der Waals surface area (Å²) in [4.78, 5) is 24.4. The van der Waals surface area contributed by atoms with E-state index in [1.165, 1.54) is 0 Å². The van der Waals surface area contributed by atoms with Crippen LogP contribution in [0.25, 0.3) is 0 Å². The number of carbonyl (C=O) groups excluding carboxylic acids is 2. The molecule has 4 nitrogen and oxygen atoms in total. The van der Waals surface area contributed by atoms with Gasteiger partial charge in [0.1, 0.15) is 11.8 Å². The van der Waals surface area contributed by atoms with Crippen LogP contribution in [-0.4, -0.2) is 42.4 Å². The Morgan fingerprint density at radius 3 is 2.93 bits per heavy atom. The van der Waals surface area contributed by atoms with E-state index in [9.17, 15) is 9.59 Å². The van der Waals surface area contributed by atoms with Gasteiger partial charge >= 0.3 is 5.97 Å². The van der Waals surface area contributed by atoms with Gasteiger partial charge in [-0.15, -0.1) is 0 Å². The minimum absolute atomic E-state index is 0.215. The number of piperidine rings is 1. The molecule has 1 aliphatic rings. The quantitative estimate of drug-likeness (QED) is 0.624. The van der Waals surface area contributed by atoms with Crippen molar-refractivity contribution in [3.8, 4) is 0 Å². The molecule has 0 saturated carbocycles. The highest BCUT2D eigenvalue weighted by atomic mass is 16.5. The number of rotatable bonds is 3. The van der Waals surface area contributed by atoms with Crippen LogP contribution in [0.15, 0.2) is 0 Å². The highest BCUT2D eigenvalue weighted by Gasteiger charge is 2.26. The zero-order valence-electron chi connectivity index (χ0n) is 8.78. The van der Waals surface area contributed by atoms with Crippen LogP contribution in [0.4, 0.5) is 0 Å². The van der Waals surface area contributed by atoms with E-state index < -0.39 is 0 Å². The zero-order chi connectivity index (χ0) is 10.6. The monoisotopic (exact) mass is 199 g/mol. The van der Waals surface area contributed by atoms with Crippen LogP contribution in [0.5, 0.6) is 0 Å². The molecule has 0 aromatic heterocycles. The van der Waals surface area contributed by atoms with Crippen molar-refractivity contribution in [3.05, 3.63) is 0 Å². The molecule has 0 spiro atoms. The summed E-state index contributed by atoms with van der Waals surface area (Å²) in [6.07, 6.45) is 1.49. The summed E-state index contributed by atoms with van der Waals surface area (Å²) >= 11 is 0. The molecule has 1 saturated heterocycles. The second-order valence-electron chi connectivity index (χ2n) is 3.54. The van der Waals surface area contributed by atoms with Gasteiger partial charge in [0.05, 0.1) is 13.2 Å². The van der Waals surface area contributed by atoms with Gasteiger partial charge in [-0.2, -0.15) is 0 Å². The Kier molecular flexibility index (Phi) is 4.07. The molecule has 0 N–H and O–H groups in total. The smallest absolute Gasteiger partial charge is 0.323 e. The minimum atomic E-state index is -0.292. The molecule has 0 bridgehead atoms. The van der Waals surface area contributed by atoms with Crippen LogP contribution in [0.1, 0.15) is 26.7 Å². The SMILES string of the molecule is CCOC(=O)C(C)N1CCCC(=O)C1. The number of likely N-dealkylation sites (tertiary alicyclic amines) is 1. The molecule has 80 valence electrons. The van der Waals surface area contributed by atoms with E-state index in [-0.39, 0.29) is 17.8 Å². The molecule has 1 aliphatic heterocycles. The fourth-order valence-corrected chi connectivity index (χ4v) is 1.61. The molecule has 0 aliphatic carbocycles. The summed E-state index contributed by atoms with van der Waals surface area (Å²) in [5.74, 6) is -0.0189. The standard InChI is InChI=1S/C10H17NO3/c1-3-14-10(13)8(2)11-6-4-5-9(12)7-11/h8H,3-7H2,1-2H3. The molecule has 14 heavy (non-hydrogen) atoms. The van der Waals surface area contributed by atoms with Crippen LogP contribution < -0.4 is 0 Å². The van der Waals surface area contributed by atoms with Crippen molar-refractivity contribution in [2.24, 2.45) is 0 Å². The number of hydrogen-bond acceptors (Lipinski definition) is 4. The van der Waals surface area contributed by atoms with Crippen molar-refractivity contribution in [2.45, 2.75) is 32.7 Å². The summed E-state index contributed by atoms with van der Waals surface area (Å²) in [5.41, 5.74) is 0. The van der Waals surface area contributed by atoms with E-state index >= 15 is 0 Å². The Labute approximate surface area is 84.2 Å². The molecule has 1 rings (SSSR count). The van der Waals surface area contributed by atoms with Gasteiger partial charge in [-0.25, -0.2) is 0 Å². The molecule has 4 heteroatoms. The van der Waals surface area contributed by atoms with E-state index in [4.69, 9.17) is 4.74 Å². The number of ether oxygens (including phenoxy) is 1. The van der Waals surface area contributed by atoms with Gasteiger partial charge in [-0.05, 0) is 26.8 Å². The lowest BCUT2D eigenvalue weighted by Crippen LogP contribution is -2.45. The van der Waals surface area contributed by atoms with E-state index in [0.29, 0.717) is 19.6 Å². The maximum absolute atomic E-state index is 11.4. The van der Waals surface area contributed by atoms with Gasteiger partial charge in [0.25, 0.3) is 0 Å². The van der Waals surface area contributed by atoms with Crippen LogP contribution in [-0.2, 0) is 14.3 Å². The first kappa shape index (κ1) is 11.2. The number of nitrogens with zero attached hydrogens (tertiary/aromatic N) is 1. The average Bonchev–Trinajstić information content (AvgIpc) is 2.17. The van der Waals surface area contributed by atoms with Crippen molar-refractivity contribution in [2.75, 3.05) is 19.7 Å². The fraction of sp³-hybridized carbons (Fsp3) is 0.800. The molecule has 0 aromatic rings. The average molecular weight is 199 g/mol. The van der Waals surface area contributed by atoms with Gasteiger partial charge < -0.3 is 4.74 Å². The molecule has 0 amide bonds. The number of Topliss-reactive ketones (excluding diaryl/α,β-unsaturated/α-hetero) is 1. The molecular formula is C10H17NO3. The molecular weight excluding hydrogens is 182 g/mol. The summed E-state index contributed by atoms with van der Waals surface area (Å²) in [7, 11) is 0. The summed E-state index contributed by atoms with van der Waals surface area (Å²) < 4.78 is 4.90. The second-order valence-corrected chi connectivity index (χ2v) is 3.54. The summed E-state index contributed by atoms with van der Waals surface area (Å²) in [6, 6.07) is -0.292. The Bertz CT molecular complexity index is 227. The van der Waals surface area contributed by atoms with E-state index in [1.807, 2.05) is 4.90 Å². The van der Waals surface area contributed by atoms with Gasteiger partial charge in [-0.3, -0.25) is 14.5 Å². The normalized spacial score (nSPS) is 20.6. The van der Waals surface area contributed by atoms with Crippen LogP contribution in [0, 0.1) is 0 Å². The maximum atomic E-state index is 11.4. The highest BCUT2D eigenvalue weighted by molar-refractivity contribution is 5.82. The van der Waals surface area contributed by atoms with Gasteiger partial charge in [0.15, 0.2) is 0 Å². The first-order chi connectivity index (χ1) is 6.65. The molecule has 1 fully saturated rings. The number of ketones is 1. The third-order valence-electron chi connectivity index (χ3n) is 2.46. The number of carbonyl (C=O) groups is 2. The zero-order valence-corrected chi connectivity index (χ0v) is 8.78. The van der Waals surface area contributed by atoms with Gasteiger partial charge in [0, 0.05) is 6.42 Å². The Morgan fingerprint density at radius 2 is 2.36 bits per heavy atom. The fourth-order valence-electron chi connectivity index (χ4n) is 1.61. The van der Waals surface area contributed by atoms with E-state index in [1.54, 1.807) is 13.8 Å². The third-order valence-corrected chi connectivity index (χ3v) is 2.46. The van der Waals surface area contributed by atoms with Crippen LogP contribution in [0.3, 0.4) is 0 Å². The summed E-state index contributed by atoms with van der Waals surface area (Å²) in [6.45, 7) is 5.17. The lowest BCUT2D eigenvalue weighted by atomic mass is 10.1. The molecule has 1 atom stereocenters. The van der Waals surface area contributed by atoms with Crippen molar-refractivity contribution in [3.63, 3.8) is 0 Å². The number of hydrogen-bond donors (Lipinski definition) is 0. The molecule has 1 unspecified atom stereocenters. The Hall–Kier alpha value is -0.900. The predicted molar refractivity (Wildman–Crippen MR) is 51.9 cm³/mol. The lowest BCUT2D eigenvalue weighted by Gasteiger charge is -2.29. The molecule has 0 aromatic carbocycles. The van der Waals surface area contributed by atoms with Crippen molar-refractivity contribution < 1.29 is 14.3 Å². The second kappa shape index (κ2) is 5.10. The van der Waals surface area contributed by atoms with E-state index in [0.717, 1.165) is 13.0 Å². The van der Waals surface area contributed by atoms with Crippen LogP contribution >= 0.6 is 0 Å². The topological polar surface area (TPSA) is 46.6 Å². The first-order valence-corrected chi connectivity index (χ1v) is 5.07. The van der Waals surface area contributed by atoms with Crippen molar-refractivity contribution in [1.29, 1.82) is 0 Å². The maximum Gasteiger partial charge on any atom is 0.323 e. The molecule has 1 heterocycles. The largest absolute Gasteiger partial charge is 0.465 e. The summed E-state index contributed by atoms with van der Waals surface area (Å²) in [5, 5.41) is 0. The van der Waals surface area contributed by atoms with E-state index in [2.05, 4.69) is 0 Å². The lowest BCUT2D eigenvalue weighted by molar-refractivity contribution is -0.149. The number of esters is 1.